The number of fused-ring (bicyclic) bond motifs is 9. The number of alkyl carbamates (subject to hydrolysis) is 1. The number of likely N-dealkylation sites (N-methyl/N-ethyl adjacent to an activating group) is 1. The van der Waals surface area contributed by atoms with Gasteiger partial charge in [-0.15, -0.1) is 0 Å². The first-order chi connectivity index (χ1) is 43.0. The third-order valence-corrected chi connectivity index (χ3v) is 18.4. The first kappa shape index (κ1) is 66.8. The van der Waals surface area contributed by atoms with Crippen molar-refractivity contribution in [3.8, 4) is 11.1 Å². The summed E-state index contributed by atoms with van der Waals surface area (Å²) in [5.74, 6) is -2.39. The molecule has 4 bridgehead atoms. The lowest BCUT2D eigenvalue weighted by Crippen LogP contribution is -2.63. The fourth-order valence-corrected chi connectivity index (χ4v) is 12.5. The van der Waals surface area contributed by atoms with Gasteiger partial charge < -0.3 is 57.9 Å². The van der Waals surface area contributed by atoms with E-state index in [1.54, 1.807) is 45.1 Å². The van der Waals surface area contributed by atoms with Crippen molar-refractivity contribution in [2.45, 2.75) is 128 Å². The quantitative estimate of drug-likeness (QED) is 0.0205. The fourth-order valence-electron chi connectivity index (χ4n) is 12.3. The maximum Gasteiger partial charge on any atom is 0.424 e. The second-order valence-electron chi connectivity index (χ2n) is 24.1. The number of esters is 1. The Morgan fingerprint density at radius 1 is 0.911 bits per heavy atom. The molecule has 2 fully saturated rings. The molecule has 5 amide bonds. The summed E-state index contributed by atoms with van der Waals surface area (Å²) in [4.78, 5) is 84.3. The lowest BCUT2D eigenvalue weighted by molar-refractivity contribution is -0.162. The van der Waals surface area contributed by atoms with Gasteiger partial charge in [0.1, 0.15) is 36.6 Å². The Balaban J connectivity index is 0.718. The number of epoxide rings is 1. The Bertz CT molecular complexity index is 3470. The molecule has 8 atom stereocenters. The van der Waals surface area contributed by atoms with Gasteiger partial charge in [0.25, 0.3) is 0 Å². The first-order valence-electron chi connectivity index (χ1n) is 30.6. The van der Waals surface area contributed by atoms with Gasteiger partial charge in [-0.3, -0.25) is 19.7 Å². The molecule has 90 heavy (non-hydrogen) atoms. The number of carbonyl (C=O) groups is 6. The molecule has 4 aliphatic rings. The highest BCUT2D eigenvalue weighted by molar-refractivity contribution is 6.34. The molecule has 1 unspecified atom stereocenters. The Hall–Kier alpha value is -7.63. The third kappa shape index (κ3) is 15.2. The number of aliphatic hydroxyl groups is 1. The molecule has 0 saturated carbocycles. The summed E-state index contributed by atoms with van der Waals surface area (Å²) in [7, 11) is 8.03. The normalized spacial score (nSPS) is 23.7. The van der Waals surface area contributed by atoms with E-state index >= 15 is 0 Å². The zero-order valence-electron chi connectivity index (χ0n) is 53.0. The smallest absolute Gasteiger partial charge is 0.424 e. The van der Waals surface area contributed by atoms with Gasteiger partial charge in [-0.25, -0.2) is 24.4 Å². The maximum absolute atomic E-state index is 14.4. The van der Waals surface area contributed by atoms with Gasteiger partial charge in [-0.1, -0.05) is 115 Å². The van der Waals surface area contributed by atoms with Crippen LogP contribution in [0.5, 0.6) is 0 Å². The zero-order chi connectivity index (χ0) is 64.6. The van der Waals surface area contributed by atoms with Crippen LogP contribution in [0.25, 0.3) is 22.0 Å². The predicted octanol–water partition coefficient (Wildman–Crippen LogP) is 8.63. The van der Waals surface area contributed by atoms with E-state index in [0.717, 1.165) is 55.6 Å². The summed E-state index contributed by atoms with van der Waals surface area (Å²) in [6.07, 6.45) is 0.466. The summed E-state index contributed by atoms with van der Waals surface area (Å²) >= 11 is 6.85. The van der Waals surface area contributed by atoms with Crippen LogP contribution in [0.4, 0.5) is 15.3 Å². The lowest BCUT2D eigenvalue weighted by Gasteiger charge is -2.42. The number of benzene rings is 4. The van der Waals surface area contributed by atoms with Gasteiger partial charge in [0.05, 0.1) is 62.6 Å². The minimum Gasteiger partial charge on any atom is -0.457 e. The molecule has 2 saturated heterocycles. The van der Waals surface area contributed by atoms with Crippen LogP contribution in [0.15, 0.2) is 115 Å². The lowest BCUT2D eigenvalue weighted by atomic mass is 9.83. The Kier molecular flexibility index (Phi) is 21.6. The number of hydrogen-bond acceptors (Lipinski definition) is 15. The van der Waals surface area contributed by atoms with E-state index in [-0.39, 0.29) is 77.1 Å². The molecule has 4 aromatic carbocycles. The Morgan fingerprint density at radius 3 is 2.30 bits per heavy atom. The molecular weight excluding hydrogens is 1170 g/mol. The first-order valence-corrected chi connectivity index (χ1v) is 31.0. The number of methoxy groups -OCH3 is 1. The van der Waals surface area contributed by atoms with E-state index in [0.29, 0.717) is 30.2 Å². The summed E-state index contributed by atoms with van der Waals surface area (Å²) in [6.45, 7) is 10.7. The van der Waals surface area contributed by atoms with Gasteiger partial charge in [0, 0.05) is 84.3 Å². The number of anilines is 1. The van der Waals surface area contributed by atoms with E-state index < -0.39 is 77.7 Å². The van der Waals surface area contributed by atoms with Crippen molar-refractivity contribution in [2.75, 3.05) is 79.8 Å². The molecule has 1 aromatic heterocycles. The number of hydrogen-bond donors (Lipinski definition) is 3. The van der Waals surface area contributed by atoms with E-state index in [1.807, 2.05) is 87.6 Å². The zero-order valence-corrected chi connectivity index (χ0v) is 53.8. The van der Waals surface area contributed by atoms with E-state index in [9.17, 15) is 33.9 Å². The summed E-state index contributed by atoms with van der Waals surface area (Å²) in [5.41, 5.74) is 6.41. The molecule has 1 aliphatic carbocycles. The molecule has 21 nitrogen and oxygen atoms in total. The summed E-state index contributed by atoms with van der Waals surface area (Å²) < 4.78 is 43.4. The Morgan fingerprint density at radius 2 is 1.59 bits per heavy atom. The van der Waals surface area contributed by atoms with Crippen LogP contribution < -0.4 is 15.5 Å². The molecule has 9 rings (SSSR count). The molecule has 0 radical (unpaired) electrons. The maximum atomic E-state index is 14.4. The van der Waals surface area contributed by atoms with E-state index in [2.05, 4.69) is 45.5 Å². The summed E-state index contributed by atoms with van der Waals surface area (Å²) in [6, 6.07) is 29.2. The number of para-hydroxylation sites is 1. The minimum atomic E-state index is -1.86. The molecule has 4 heterocycles. The number of allylic oxidation sites excluding steroid dienone is 3. The third-order valence-electron chi connectivity index (χ3n) is 17.9. The number of nitrogens with one attached hydrogen (secondary N) is 2. The molecule has 5 aromatic rings. The minimum absolute atomic E-state index is 0.0361. The average Bonchev–Trinajstić information content (AvgIpc) is 1.57. The number of carbonyl (C=O) groups excluding carboxylic acids is 6. The molecule has 3 aliphatic heterocycles. The summed E-state index contributed by atoms with van der Waals surface area (Å²) in [5, 5.41) is 22.0. The Labute approximate surface area is 531 Å². The number of amides is 5. The molecular formula is C68H84ClN7O14. The van der Waals surface area contributed by atoms with E-state index in [1.165, 1.54) is 35.9 Å². The van der Waals surface area contributed by atoms with Crippen LogP contribution in [-0.2, 0) is 71.8 Å². The van der Waals surface area contributed by atoms with Crippen molar-refractivity contribution in [1.82, 2.24) is 30.1 Å². The standard InChI is InChI=1S/C68H84ClN7O14/c1-42-18-17-25-57(84-10)68(83)39-56(88-65(81)71-68)44(3)63-67(5,90-63)58(38-61(79)74(8)55-36-46(34-42)35-43(2)62(55)69)89-64(80)45(4)73(7)60(78)27-30-85-32-33-86-31-28-70-59(77)26-29-76-48(37-47-19-11-16-24-54(47)76)40-72(6)75(9)66(82)87-41-53-51-22-14-12-20-49(51)50-21-13-15-23-52(50)53/h11-25,35-37,44-45,53,56-58,63,83H,26-34,38-41H2,1-10H3,(H,70,77)(H,71,81)/b25-17+,42-18+/t44-,45+,56+,57-,58+,63?,67-,68-/m1/s1. The van der Waals surface area contributed by atoms with Gasteiger partial charge in [-0.05, 0) is 91.1 Å². The largest absolute Gasteiger partial charge is 0.457 e. The monoisotopic (exact) mass is 1260 g/mol. The van der Waals surface area contributed by atoms with Crippen molar-refractivity contribution in [2.24, 2.45) is 5.92 Å². The number of halogens is 1. The van der Waals surface area contributed by atoms with Gasteiger partial charge in [-0.2, -0.15) is 0 Å². The van der Waals surface area contributed by atoms with Gasteiger partial charge in [0.2, 0.25) is 17.7 Å². The van der Waals surface area contributed by atoms with Crippen molar-refractivity contribution in [1.29, 1.82) is 0 Å². The highest BCUT2D eigenvalue weighted by Crippen LogP contribution is 2.50. The van der Waals surface area contributed by atoms with Crippen LogP contribution in [0.2, 0.25) is 5.02 Å². The molecule has 3 N–H and O–H groups in total. The molecule has 482 valence electrons. The topological polar surface area (TPSA) is 233 Å². The second-order valence-corrected chi connectivity index (χ2v) is 24.5. The van der Waals surface area contributed by atoms with Crippen LogP contribution in [0.1, 0.15) is 87.2 Å². The van der Waals surface area contributed by atoms with Crippen LogP contribution in [-0.4, -0.2) is 177 Å². The van der Waals surface area contributed by atoms with Crippen molar-refractivity contribution >= 4 is 64.1 Å². The highest BCUT2D eigenvalue weighted by atomic mass is 35.5. The number of nitrogens with zero attached hydrogens (tertiary/aromatic N) is 5. The number of ether oxygens (including phenoxy) is 7. The second kappa shape index (κ2) is 29.1. The van der Waals surface area contributed by atoms with Gasteiger partial charge in [0.15, 0.2) is 5.72 Å². The van der Waals surface area contributed by atoms with Gasteiger partial charge >= 0.3 is 18.2 Å². The van der Waals surface area contributed by atoms with Crippen molar-refractivity contribution in [3.63, 3.8) is 0 Å². The van der Waals surface area contributed by atoms with Crippen molar-refractivity contribution < 1.29 is 67.0 Å². The SMILES string of the molecule is CO[C@@H]1/C=C/C=C(\C)Cc2cc(C)c(Cl)c(c2)N(C)C(=O)C[C@H](OC(=O)[C@H](C)N(C)C(=O)CCOCCOCCNC(=O)CCn2c(CN(C)N(C)C(=O)OCC3c4ccccc4-c4ccccc43)cc3ccccc32)[C@@]2(C)OC2[C@H](C)[C@@H]2C[C@]1(O)NC(=O)O2. The number of aryl methyl sites for hydroxylation is 2. The molecule has 22 heteroatoms. The van der Waals surface area contributed by atoms with E-state index in [4.69, 9.17) is 44.8 Å². The number of aromatic nitrogens is 1. The van der Waals surface area contributed by atoms with Crippen molar-refractivity contribution in [3.05, 3.63) is 148 Å². The average molecular weight is 1260 g/mol. The van der Waals surface area contributed by atoms with Crippen LogP contribution in [0, 0.1) is 12.8 Å². The fraction of sp³-hybridized carbons (Fsp3) is 0.471. The predicted molar refractivity (Wildman–Crippen MR) is 339 cm³/mol. The number of rotatable bonds is 21. The number of hydrazine groups is 1. The van der Waals surface area contributed by atoms with Crippen LogP contribution >= 0.6 is 11.6 Å². The highest BCUT2D eigenvalue weighted by Gasteiger charge is 2.64. The molecule has 0 spiro atoms. The van der Waals surface area contributed by atoms with Crippen LogP contribution in [0.3, 0.4) is 0 Å².